The topological polar surface area (TPSA) is 41.6 Å². The number of hydrogen-bond donors (Lipinski definition) is 1. The number of benzene rings is 1. The average molecular weight is 296 g/mol. The summed E-state index contributed by atoms with van der Waals surface area (Å²) in [6, 6.07) is 4.48. The van der Waals surface area contributed by atoms with Crippen molar-refractivity contribution in [3.63, 3.8) is 0 Å². The maximum Gasteiger partial charge on any atom is 0.225 e. The van der Waals surface area contributed by atoms with E-state index in [2.05, 4.69) is 12.2 Å². The lowest BCUT2D eigenvalue weighted by molar-refractivity contribution is -0.129. The molecule has 21 heavy (non-hydrogen) atoms. The second-order valence-electron chi connectivity index (χ2n) is 5.24. The summed E-state index contributed by atoms with van der Waals surface area (Å²) in [6.07, 6.45) is 1.31. The Bertz CT molecular complexity index is 464. The maximum atomic E-state index is 13.4. The summed E-state index contributed by atoms with van der Waals surface area (Å²) in [7, 11) is 3.42. The molecule has 1 N–H and O–H groups in total. The first kappa shape index (κ1) is 17.4. The van der Waals surface area contributed by atoms with Crippen molar-refractivity contribution in [3.8, 4) is 5.75 Å². The van der Waals surface area contributed by atoms with Gasteiger partial charge in [0.05, 0.1) is 13.0 Å². The van der Waals surface area contributed by atoms with Gasteiger partial charge in [0.15, 0.2) is 0 Å². The monoisotopic (exact) mass is 296 g/mol. The first-order chi connectivity index (χ1) is 9.95. The van der Waals surface area contributed by atoms with Crippen LogP contribution >= 0.6 is 0 Å². The number of carbonyl (C=O) groups is 1. The number of halogens is 1. The Kier molecular flexibility index (Phi) is 7.15. The van der Waals surface area contributed by atoms with Gasteiger partial charge >= 0.3 is 0 Å². The van der Waals surface area contributed by atoms with Gasteiger partial charge in [-0.05, 0) is 38.1 Å². The molecule has 0 spiro atoms. The Morgan fingerprint density at radius 2 is 2.14 bits per heavy atom. The van der Waals surface area contributed by atoms with E-state index in [-0.39, 0.29) is 24.4 Å². The first-order valence-corrected chi connectivity index (χ1v) is 7.31. The zero-order valence-electron chi connectivity index (χ0n) is 13.3. The van der Waals surface area contributed by atoms with Crippen LogP contribution in [0.15, 0.2) is 18.2 Å². The molecule has 1 atom stereocenters. The van der Waals surface area contributed by atoms with Gasteiger partial charge in [0, 0.05) is 25.7 Å². The number of nitrogens with zero attached hydrogens (tertiary/aromatic N) is 1. The Morgan fingerprint density at radius 3 is 2.76 bits per heavy atom. The zero-order chi connectivity index (χ0) is 15.8. The standard InChI is InChI=1S/C16H25FN2O2/c1-5-9-18-12(2)14-11-13(17)6-7-15(14)21-10-8-16(20)19(3)4/h6-7,11-12,18H,5,8-10H2,1-4H3. The van der Waals surface area contributed by atoms with Crippen molar-refractivity contribution in [2.45, 2.75) is 32.7 Å². The number of ether oxygens (including phenoxy) is 1. The summed E-state index contributed by atoms with van der Waals surface area (Å²) in [5.74, 6) is 0.349. The van der Waals surface area contributed by atoms with E-state index in [1.54, 1.807) is 20.2 Å². The lowest BCUT2D eigenvalue weighted by atomic mass is 10.1. The van der Waals surface area contributed by atoms with Gasteiger partial charge in [-0.15, -0.1) is 0 Å². The van der Waals surface area contributed by atoms with Crippen molar-refractivity contribution in [2.24, 2.45) is 0 Å². The Hall–Kier alpha value is -1.62. The van der Waals surface area contributed by atoms with Crippen molar-refractivity contribution >= 4 is 5.91 Å². The van der Waals surface area contributed by atoms with Crippen LogP contribution in [0.5, 0.6) is 5.75 Å². The summed E-state index contributed by atoms with van der Waals surface area (Å²) in [5.41, 5.74) is 0.778. The fourth-order valence-electron chi connectivity index (χ4n) is 1.93. The number of carbonyl (C=O) groups excluding carboxylic acids is 1. The van der Waals surface area contributed by atoms with Gasteiger partial charge in [-0.25, -0.2) is 4.39 Å². The Balaban J connectivity index is 2.70. The summed E-state index contributed by atoms with van der Waals surface area (Å²) in [4.78, 5) is 13.0. The molecule has 0 aliphatic heterocycles. The number of nitrogens with one attached hydrogen (secondary N) is 1. The average Bonchev–Trinajstić information content (AvgIpc) is 2.45. The van der Waals surface area contributed by atoms with Crippen LogP contribution < -0.4 is 10.1 Å². The predicted molar refractivity (Wildman–Crippen MR) is 81.9 cm³/mol. The van der Waals surface area contributed by atoms with Crippen LogP contribution in [-0.2, 0) is 4.79 Å². The van der Waals surface area contributed by atoms with Crippen LogP contribution in [0.1, 0.15) is 38.3 Å². The van der Waals surface area contributed by atoms with E-state index in [4.69, 9.17) is 4.74 Å². The van der Waals surface area contributed by atoms with E-state index < -0.39 is 0 Å². The molecular weight excluding hydrogens is 271 g/mol. The molecule has 118 valence electrons. The highest BCUT2D eigenvalue weighted by molar-refractivity contribution is 5.75. The lowest BCUT2D eigenvalue weighted by Crippen LogP contribution is -2.24. The second kappa shape index (κ2) is 8.62. The van der Waals surface area contributed by atoms with Crippen molar-refractivity contribution in [2.75, 3.05) is 27.2 Å². The van der Waals surface area contributed by atoms with Crippen LogP contribution in [0.25, 0.3) is 0 Å². The molecule has 4 nitrogen and oxygen atoms in total. The number of rotatable bonds is 8. The van der Waals surface area contributed by atoms with E-state index >= 15 is 0 Å². The van der Waals surface area contributed by atoms with Crippen LogP contribution in [0.2, 0.25) is 0 Å². The Labute approximate surface area is 126 Å². The molecule has 0 heterocycles. The van der Waals surface area contributed by atoms with Gasteiger partial charge in [-0.3, -0.25) is 4.79 Å². The minimum Gasteiger partial charge on any atom is -0.493 e. The molecule has 1 rings (SSSR count). The highest BCUT2D eigenvalue weighted by atomic mass is 19.1. The predicted octanol–water partition coefficient (Wildman–Crippen LogP) is 2.74. The van der Waals surface area contributed by atoms with Crippen molar-refractivity contribution in [1.82, 2.24) is 10.2 Å². The molecule has 0 saturated carbocycles. The molecule has 1 unspecified atom stereocenters. The molecule has 0 aliphatic rings. The summed E-state index contributed by atoms with van der Waals surface area (Å²) in [5, 5.41) is 3.31. The quantitative estimate of drug-likeness (QED) is 0.802. The molecule has 0 aliphatic carbocycles. The lowest BCUT2D eigenvalue weighted by Gasteiger charge is -2.18. The molecule has 1 aromatic rings. The van der Waals surface area contributed by atoms with Gasteiger partial charge in [0.25, 0.3) is 0 Å². The van der Waals surface area contributed by atoms with E-state index in [1.165, 1.54) is 17.0 Å². The van der Waals surface area contributed by atoms with Crippen LogP contribution in [0.3, 0.4) is 0 Å². The van der Waals surface area contributed by atoms with E-state index in [9.17, 15) is 9.18 Å². The zero-order valence-corrected chi connectivity index (χ0v) is 13.3. The fourth-order valence-corrected chi connectivity index (χ4v) is 1.93. The molecule has 0 bridgehead atoms. The minimum absolute atomic E-state index is 0.000185. The molecule has 0 fully saturated rings. The molecule has 5 heteroatoms. The molecule has 1 amide bonds. The van der Waals surface area contributed by atoms with Gasteiger partial charge in [0.2, 0.25) is 5.91 Å². The highest BCUT2D eigenvalue weighted by Gasteiger charge is 2.13. The van der Waals surface area contributed by atoms with Crippen LogP contribution in [0.4, 0.5) is 4.39 Å². The van der Waals surface area contributed by atoms with Gasteiger partial charge in [0.1, 0.15) is 11.6 Å². The van der Waals surface area contributed by atoms with E-state index in [0.29, 0.717) is 12.2 Å². The third-order valence-corrected chi connectivity index (χ3v) is 3.21. The normalized spacial score (nSPS) is 12.0. The smallest absolute Gasteiger partial charge is 0.225 e. The third kappa shape index (κ3) is 5.71. The van der Waals surface area contributed by atoms with E-state index in [1.807, 2.05) is 6.92 Å². The summed E-state index contributed by atoms with van der Waals surface area (Å²) in [6.45, 7) is 5.20. The molecule has 0 radical (unpaired) electrons. The number of amides is 1. The minimum atomic E-state index is -0.285. The van der Waals surface area contributed by atoms with Crippen LogP contribution in [-0.4, -0.2) is 38.1 Å². The molecule has 0 aromatic heterocycles. The van der Waals surface area contributed by atoms with Gasteiger partial charge in [-0.2, -0.15) is 0 Å². The summed E-state index contributed by atoms with van der Waals surface area (Å²) >= 11 is 0. The Morgan fingerprint density at radius 1 is 1.43 bits per heavy atom. The molecule has 0 saturated heterocycles. The summed E-state index contributed by atoms with van der Waals surface area (Å²) < 4.78 is 19.1. The maximum absolute atomic E-state index is 13.4. The fraction of sp³-hybridized carbons (Fsp3) is 0.562. The number of hydrogen-bond acceptors (Lipinski definition) is 3. The van der Waals surface area contributed by atoms with Crippen LogP contribution in [0, 0.1) is 5.82 Å². The highest BCUT2D eigenvalue weighted by Crippen LogP contribution is 2.26. The van der Waals surface area contributed by atoms with Crippen molar-refractivity contribution < 1.29 is 13.9 Å². The molecule has 1 aromatic carbocycles. The van der Waals surface area contributed by atoms with Crippen molar-refractivity contribution in [1.29, 1.82) is 0 Å². The van der Waals surface area contributed by atoms with Gasteiger partial charge in [-0.1, -0.05) is 6.92 Å². The first-order valence-electron chi connectivity index (χ1n) is 7.31. The van der Waals surface area contributed by atoms with Crippen molar-refractivity contribution in [3.05, 3.63) is 29.6 Å². The molecular formula is C16H25FN2O2. The van der Waals surface area contributed by atoms with E-state index in [0.717, 1.165) is 18.5 Å². The largest absolute Gasteiger partial charge is 0.493 e. The van der Waals surface area contributed by atoms with Gasteiger partial charge < -0.3 is 15.0 Å². The third-order valence-electron chi connectivity index (χ3n) is 3.21. The SMILES string of the molecule is CCCNC(C)c1cc(F)ccc1OCCC(=O)N(C)C. The second-order valence-corrected chi connectivity index (χ2v) is 5.24.